The van der Waals surface area contributed by atoms with Crippen LogP contribution in [0.4, 0.5) is 0 Å². The molecule has 2 heterocycles. The first-order chi connectivity index (χ1) is 27.7. The van der Waals surface area contributed by atoms with E-state index in [0.717, 1.165) is 5.69 Å². The van der Waals surface area contributed by atoms with Crippen molar-refractivity contribution in [3.63, 3.8) is 0 Å². The number of nitrogens with zero attached hydrogens (tertiary/aromatic N) is 1. The first-order valence-electron chi connectivity index (χ1n) is 19.4. The lowest BCUT2D eigenvalue weighted by molar-refractivity contribution is 1.18. The van der Waals surface area contributed by atoms with E-state index in [4.69, 9.17) is 0 Å². The molecule has 56 heavy (non-hydrogen) atoms. The van der Waals surface area contributed by atoms with Gasteiger partial charge in [0, 0.05) is 16.5 Å². The molecule has 1 aromatic heterocycles. The zero-order valence-electron chi connectivity index (χ0n) is 30.6. The van der Waals surface area contributed by atoms with Gasteiger partial charge in [-0.15, -0.1) is 0 Å². The van der Waals surface area contributed by atoms with E-state index in [1.807, 2.05) is 0 Å². The van der Waals surface area contributed by atoms with Gasteiger partial charge in [-0.2, -0.15) is 0 Å². The van der Waals surface area contributed by atoms with E-state index in [1.54, 1.807) is 0 Å². The van der Waals surface area contributed by atoms with E-state index in [0.29, 0.717) is 0 Å². The second kappa shape index (κ2) is 12.2. The number of aromatic nitrogens is 1. The highest BCUT2D eigenvalue weighted by Crippen LogP contribution is 2.40. The van der Waals surface area contributed by atoms with Crippen molar-refractivity contribution in [3.8, 4) is 50.2 Å². The molecule has 0 fully saturated rings. The van der Waals surface area contributed by atoms with Crippen molar-refractivity contribution in [2.75, 3.05) is 0 Å². The third kappa shape index (κ3) is 4.76. The number of rotatable bonds is 4. The van der Waals surface area contributed by atoms with E-state index in [9.17, 15) is 0 Å². The minimum absolute atomic E-state index is 1.16. The lowest BCUT2D eigenvalue weighted by Crippen LogP contribution is -2.20. The van der Waals surface area contributed by atoms with Crippen LogP contribution < -0.4 is 10.9 Å². The highest BCUT2D eigenvalue weighted by molar-refractivity contribution is 6.73. The van der Waals surface area contributed by atoms with Crippen LogP contribution in [0.3, 0.4) is 0 Å². The predicted octanol–water partition coefficient (Wildman–Crippen LogP) is 12.9. The van der Waals surface area contributed by atoms with Crippen LogP contribution in [0.15, 0.2) is 200 Å². The Balaban J connectivity index is 1.03. The summed E-state index contributed by atoms with van der Waals surface area (Å²) in [6, 6.07) is 73.9. The fraction of sp³-hybridized carbons (Fsp3) is 0. The van der Waals surface area contributed by atoms with Gasteiger partial charge in [0.15, 0.2) is 7.28 Å². The Hall–Kier alpha value is -7.16. The molecule has 0 aliphatic carbocycles. The Morgan fingerprint density at radius 1 is 0.268 bits per heavy atom. The van der Waals surface area contributed by atoms with Gasteiger partial charge in [0.2, 0.25) is 0 Å². The van der Waals surface area contributed by atoms with Gasteiger partial charge in [0.25, 0.3) is 0 Å². The van der Waals surface area contributed by atoms with Gasteiger partial charge in [-0.1, -0.05) is 157 Å². The fourth-order valence-corrected chi connectivity index (χ4v) is 9.31. The minimum atomic E-state index is 1.16. The van der Waals surface area contributed by atoms with Crippen molar-refractivity contribution >= 4 is 72.3 Å². The normalized spacial score (nSPS) is 12.1. The van der Waals surface area contributed by atoms with Gasteiger partial charge in [0.05, 0.1) is 11.0 Å². The average molecular weight is 707 g/mol. The van der Waals surface area contributed by atoms with Crippen LogP contribution in [0, 0.1) is 0 Å². The summed E-state index contributed by atoms with van der Waals surface area (Å²) in [6.45, 7) is 0. The summed E-state index contributed by atoms with van der Waals surface area (Å²) < 4.78 is 2.41. The molecule has 2 heteroatoms. The molecule has 1 radical (unpaired) electrons. The van der Waals surface area contributed by atoms with Crippen molar-refractivity contribution in [3.05, 3.63) is 200 Å². The van der Waals surface area contributed by atoms with Gasteiger partial charge < -0.3 is 4.57 Å². The molecule has 1 aliphatic rings. The van der Waals surface area contributed by atoms with E-state index >= 15 is 0 Å². The van der Waals surface area contributed by atoms with Crippen molar-refractivity contribution < 1.29 is 0 Å². The molecule has 0 amide bonds. The lowest BCUT2D eigenvalue weighted by atomic mass is 9.68. The highest BCUT2D eigenvalue weighted by Gasteiger charge is 2.22. The van der Waals surface area contributed by atoms with Gasteiger partial charge in [-0.25, -0.2) is 0 Å². The molecule has 257 valence electrons. The molecule has 1 aliphatic heterocycles. The average Bonchev–Trinajstić information content (AvgIpc) is 3.81. The summed E-state index contributed by atoms with van der Waals surface area (Å²) in [5.41, 5.74) is 16.1. The van der Waals surface area contributed by atoms with Crippen molar-refractivity contribution in [1.29, 1.82) is 0 Å². The van der Waals surface area contributed by atoms with Crippen LogP contribution in [0.1, 0.15) is 0 Å². The standard InChI is InChI=1S/C54H33BN/c1-3-11-34(12-4-1)35-20-25-51-47(30-35)48-31-37(21-26-52(48)55-51)39-23-28-54-50(33-39)49-32-38(22-27-53(49)56(54)40-13-5-2-6-14-40)36-19-24-45-43-17-8-7-15-41(43)42-16-9-10-18-44(42)46(45)29-36/h1-33H. The van der Waals surface area contributed by atoms with E-state index in [2.05, 4.69) is 212 Å². The molecular formula is C54H33BN. The van der Waals surface area contributed by atoms with Crippen LogP contribution in [0.5, 0.6) is 0 Å². The topological polar surface area (TPSA) is 4.93 Å². The maximum Gasteiger partial charge on any atom is 0.193 e. The lowest BCUT2D eigenvalue weighted by Gasteiger charge is -2.12. The second-order valence-corrected chi connectivity index (χ2v) is 15.1. The molecule has 0 bridgehead atoms. The summed E-state index contributed by atoms with van der Waals surface area (Å²) in [5.74, 6) is 0. The Kier molecular flexibility index (Phi) is 6.79. The molecule has 0 N–H and O–H groups in total. The summed E-state index contributed by atoms with van der Waals surface area (Å²) in [4.78, 5) is 0. The molecule has 0 saturated carbocycles. The molecule has 11 aromatic rings. The summed E-state index contributed by atoms with van der Waals surface area (Å²) in [7, 11) is 2.32. The number of fused-ring (bicyclic) bond motifs is 12. The number of hydrogen-bond donors (Lipinski definition) is 0. The van der Waals surface area contributed by atoms with Crippen LogP contribution in [0.25, 0.3) is 104 Å². The first kappa shape index (κ1) is 31.2. The van der Waals surface area contributed by atoms with Gasteiger partial charge in [-0.3, -0.25) is 0 Å². The summed E-state index contributed by atoms with van der Waals surface area (Å²) in [6.07, 6.45) is 0. The van der Waals surface area contributed by atoms with Gasteiger partial charge in [0.1, 0.15) is 0 Å². The third-order valence-electron chi connectivity index (χ3n) is 12.0. The Morgan fingerprint density at radius 2 is 0.661 bits per heavy atom. The Labute approximate surface area is 326 Å². The molecule has 0 spiro atoms. The maximum absolute atomic E-state index is 2.41. The molecule has 0 saturated heterocycles. The highest BCUT2D eigenvalue weighted by atomic mass is 15.0. The number of hydrogen-bond acceptors (Lipinski definition) is 0. The fourth-order valence-electron chi connectivity index (χ4n) is 9.31. The summed E-state index contributed by atoms with van der Waals surface area (Å²) >= 11 is 0. The second-order valence-electron chi connectivity index (χ2n) is 15.1. The van der Waals surface area contributed by atoms with Crippen molar-refractivity contribution in [2.45, 2.75) is 0 Å². The maximum atomic E-state index is 2.41. The number of para-hydroxylation sites is 1. The minimum Gasteiger partial charge on any atom is -0.309 e. The zero-order valence-corrected chi connectivity index (χ0v) is 30.6. The Morgan fingerprint density at radius 3 is 1.21 bits per heavy atom. The van der Waals surface area contributed by atoms with E-state index < -0.39 is 0 Å². The largest absolute Gasteiger partial charge is 0.309 e. The monoisotopic (exact) mass is 706 g/mol. The zero-order chi connectivity index (χ0) is 36.7. The SMILES string of the molecule is [B]1c2ccc(-c3ccccc3)cc2-c2cc(-c3ccc4c(c3)c3cc(-c5ccc6c7ccccc7c7ccccc7c6c5)ccc3n4-c3ccccc3)ccc21. The Bertz CT molecular complexity index is 3340. The molecular weight excluding hydrogens is 673 g/mol. The van der Waals surface area contributed by atoms with Gasteiger partial charge in [-0.05, 0) is 131 Å². The molecule has 12 rings (SSSR count). The predicted molar refractivity (Wildman–Crippen MR) is 240 cm³/mol. The number of benzene rings is 10. The smallest absolute Gasteiger partial charge is 0.193 e. The molecule has 10 aromatic carbocycles. The van der Waals surface area contributed by atoms with E-state index in [1.165, 1.54) is 110 Å². The molecule has 0 atom stereocenters. The molecule has 1 nitrogen and oxygen atoms in total. The van der Waals surface area contributed by atoms with Gasteiger partial charge >= 0.3 is 0 Å². The van der Waals surface area contributed by atoms with Crippen molar-refractivity contribution in [2.24, 2.45) is 0 Å². The quantitative estimate of drug-likeness (QED) is 0.127. The van der Waals surface area contributed by atoms with Crippen LogP contribution >= 0.6 is 0 Å². The molecule has 0 unspecified atom stereocenters. The van der Waals surface area contributed by atoms with Crippen LogP contribution in [0.2, 0.25) is 0 Å². The van der Waals surface area contributed by atoms with Crippen LogP contribution in [-0.4, -0.2) is 11.8 Å². The first-order valence-corrected chi connectivity index (χ1v) is 19.4. The summed E-state index contributed by atoms with van der Waals surface area (Å²) in [5, 5.41) is 10.3. The van der Waals surface area contributed by atoms with Crippen molar-refractivity contribution in [1.82, 2.24) is 4.57 Å². The van der Waals surface area contributed by atoms with Crippen LogP contribution in [-0.2, 0) is 0 Å². The van der Waals surface area contributed by atoms with E-state index in [-0.39, 0.29) is 0 Å². The third-order valence-corrected chi connectivity index (χ3v) is 12.0.